The number of hydrogen-bond donors (Lipinski definition) is 1. The fourth-order valence-electron chi connectivity index (χ4n) is 1.42. The van der Waals surface area contributed by atoms with E-state index in [9.17, 15) is 0 Å². The van der Waals surface area contributed by atoms with Crippen molar-refractivity contribution in [1.29, 1.82) is 0 Å². The van der Waals surface area contributed by atoms with Gasteiger partial charge in [-0.3, -0.25) is 0 Å². The van der Waals surface area contributed by atoms with Crippen molar-refractivity contribution >= 4 is 11.3 Å². The summed E-state index contributed by atoms with van der Waals surface area (Å²) in [4.78, 5) is 8.36. The lowest BCUT2D eigenvalue weighted by Crippen LogP contribution is -2.13. The van der Waals surface area contributed by atoms with Crippen LogP contribution < -0.4 is 5.73 Å². The maximum Gasteiger partial charge on any atom is 0.243 e. The predicted octanol–water partition coefficient (Wildman–Crippen LogP) is 2.24. The van der Waals surface area contributed by atoms with Gasteiger partial charge in [-0.2, -0.15) is 4.98 Å². The van der Waals surface area contributed by atoms with E-state index in [1.807, 2.05) is 5.38 Å². The minimum atomic E-state index is -0.195. The van der Waals surface area contributed by atoms with Crippen molar-refractivity contribution in [3.05, 3.63) is 16.8 Å². The number of rotatable bonds is 4. The summed E-state index contributed by atoms with van der Waals surface area (Å²) in [6.07, 6.45) is 0.832. The average molecular weight is 238 g/mol. The summed E-state index contributed by atoms with van der Waals surface area (Å²) in [6.45, 7) is 4.22. The molecule has 86 valence electrons. The van der Waals surface area contributed by atoms with Crippen molar-refractivity contribution in [2.24, 2.45) is 11.7 Å². The molecule has 0 saturated carbocycles. The first kappa shape index (κ1) is 11.2. The Balaban J connectivity index is 2.13. The molecule has 0 aliphatic carbocycles. The maximum absolute atomic E-state index is 5.95. The highest BCUT2D eigenvalue weighted by molar-refractivity contribution is 7.07. The molecule has 0 fully saturated rings. The van der Waals surface area contributed by atoms with Crippen LogP contribution in [-0.4, -0.2) is 15.1 Å². The topological polar surface area (TPSA) is 77.8 Å². The van der Waals surface area contributed by atoms with Gasteiger partial charge in [0.05, 0.1) is 11.6 Å². The van der Waals surface area contributed by atoms with Crippen LogP contribution >= 0.6 is 11.3 Å². The van der Waals surface area contributed by atoms with Gasteiger partial charge in [0.1, 0.15) is 5.69 Å². The van der Waals surface area contributed by atoms with E-state index in [0.29, 0.717) is 17.6 Å². The molecular weight excluding hydrogens is 224 g/mol. The van der Waals surface area contributed by atoms with E-state index in [-0.39, 0.29) is 6.04 Å². The zero-order valence-electron chi connectivity index (χ0n) is 9.25. The van der Waals surface area contributed by atoms with Gasteiger partial charge in [0.15, 0.2) is 0 Å². The van der Waals surface area contributed by atoms with Crippen LogP contribution in [0.3, 0.4) is 0 Å². The predicted molar refractivity (Wildman–Crippen MR) is 61.8 cm³/mol. The minimum absolute atomic E-state index is 0.195. The third-order valence-electron chi connectivity index (χ3n) is 2.15. The van der Waals surface area contributed by atoms with Gasteiger partial charge in [-0.25, -0.2) is 4.98 Å². The molecular formula is C10H14N4OS. The fourth-order valence-corrected chi connectivity index (χ4v) is 1.95. The second-order valence-electron chi connectivity index (χ2n) is 4.07. The van der Waals surface area contributed by atoms with Crippen molar-refractivity contribution in [2.75, 3.05) is 0 Å². The highest BCUT2D eigenvalue weighted by Gasteiger charge is 2.17. The van der Waals surface area contributed by atoms with Gasteiger partial charge >= 0.3 is 0 Å². The molecule has 0 radical (unpaired) electrons. The molecule has 2 N–H and O–H groups in total. The van der Waals surface area contributed by atoms with Gasteiger partial charge in [0.25, 0.3) is 0 Å². The van der Waals surface area contributed by atoms with Crippen LogP contribution in [0.2, 0.25) is 0 Å². The Morgan fingerprint density at radius 2 is 2.31 bits per heavy atom. The van der Waals surface area contributed by atoms with Gasteiger partial charge in [0.2, 0.25) is 11.7 Å². The first-order valence-corrected chi connectivity index (χ1v) is 6.09. The lowest BCUT2D eigenvalue weighted by molar-refractivity contribution is 0.335. The Morgan fingerprint density at radius 3 is 2.94 bits per heavy atom. The minimum Gasteiger partial charge on any atom is -0.337 e. The molecule has 0 spiro atoms. The molecule has 2 heterocycles. The molecule has 5 nitrogen and oxygen atoms in total. The molecule has 0 aliphatic heterocycles. The van der Waals surface area contributed by atoms with E-state index in [0.717, 1.165) is 12.1 Å². The van der Waals surface area contributed by atoms with Crippen molar-refractivity contribution < 1.29 is 4.52 Å². The Bertz CT molecular complexity index is 437. The van der Waals surface area contributed by atoms with Gasteiger partial charge in [-0.1, -0.05) is 19.0 Å². The normalized spacial score (nSPS) is 13.2. The SMILES string of the molecule is CC(C)CC(N)c1nc(-c2cscn2)no1. The third kappa shape index (κ3) is 2.45. The molecule has 1 unspecified atom stereocenters. The summed E-state index contributed by atoms with van der Waals surface area (Å²) >= 11 is 1.50. The molecule has 0 bridgehead atoms. The molecule has 16 heavy (non-hydrogen) atoms. The Hall–Kier alpha value is -1.27. The van der Waals surface area contributed by atoms with E-state index in [1.54, 1.807) is 5.51 Å². The fraction of sp³-hybridized carbons (Fsp3) is 0.500. The van der Waals surface area contributed by atoms with Crippen LogP contribution in [0.15, 0.2) is 15.4 Å². The molecule has 0 amide bonds. The maximum atomic E-state index is 5.95. The second-order valence-corrected chi connectivity index (χ2v) is 4.78. The number of thiazole rings is 1. The lowest BCUT2D eigenvalue weighted by atomic mass is 10.0. The summed E-state index contributed by atoms with van der Waals surface area (Å²) in [5.74, 6) is 1.50. The average Bonchev–Trinajstić information content (AvgIpc) is 2.87. The van der Waals surface area contributed by atoms with Crippen molar-refractivity contribution in [3.8, 4) is 11.5 Å². The molecule has 2 rings (SSSR count). The number of hydrogen-bond acceptors (Lipinski definition) is 6. The number of aromatic nitrogens is 3. The summed E-state index contributed by atoms with van der Waals surface area (Å²) in [5, 5.41) is 5.74. The molecule has 2 aromatic heterocycles. The number of nitrogens with two attached hydrogens (primary N) is 1. The first-order chi connectivity index (χ1) is 7.66. The largest absolute Gasteiger partial charge is 0.337 e. The Morgan fingerprint density at radius 1 is 1.50 bits per heavy atom. The van der Waals surface area contributed by atoms with E-state index < -0.39 is 0 Å². The van der Waals surface area contributed by atoms with Crippen LogP contribution in [0.1, 0.15) is 32.2 Å². The Labute approximate surface area is 97.7 Å². The summed E-state index contributed by atoms with van der Waals surface area (Å²) < 4.78 is 5.13. The van der Waals surface area contributed by atoms with Gasteiger partial charge < -0.3 is 10.3 Å². The van der Waals surface area contributed by atoms with Gasteiger partial charge in [-0.15, -0.1) is 11.3 Å². The summed E-state index contributed by atoms with van der Waals surface area (Å²) in [6, 6.07) is -0.195. The van der Waals surface area contributed by atoms with Gasteiger partial charge in [0, 0.05) is 5.38 Å². The van der Waals surface area contributed by atoms with Crippen LogP contribution in [0, 0.1) is 5.92 Å². The molecule has 0 aliphatic rings. The van der Waals surface area contributed by atoms with Crippen molar-refractivity contribution in [2.45, 2.75) is 26.3 Å². The summed E-state index contributed by atoms with van der Waals surface area (Å²) in [5.41, 5.74) is 8.42. The van der Waals surface area contributed by atoms with E-state index in [2.05, 4.69) is 29.0 Å². The van der Waals surface area contributed by atoms with E-state index >= 15 is 0 Å². The van der Waals surface area contributed by atoms with Crippen LogP contribution in [-0.2, 0) is 0 Å². The second kappa shape index (κ2) is 4.71. The lowest BCUT2D eigenvalue weighted by Gasteiger charge is -2.08. The number of nitrogens with zero attached hydrogens (tertiary/aromatic N) is 3. The van der Waals surface area contributed by atoms with Gasteiger partial charge in [-0.05, 0) is 12.3 Å². The zero-order valence-corrected chi connectivity index (χ0v) is 10.1. The zero-order chi connectivity index (χ0) is 11.5. The quantitative estimate of drug-likeness (QED) is 0.883. The van der Waals surface area contributed by atoms with Crippen molar-refractivity contribution in [1.82, 2.24) is 15.1 Å². The van der Waals surface area contributed by atoms with Crippen LogP contribution in [0.4, 0.5) is 0 Å². The van der Waals surface area contributed by atoms with Crippen molar-refractivity contribution in [3.63, 3.8) is 0 Å². The summed E-state index contributed by atoms with van der Waals surface area (Å²) in [7, 11) is 0. The standard InChI is InChI=1S/C10H14N4OS/c1-6(2)3-7(11)10-13-9(14-15-10)8-4-16-5-12-8/h4-7H,3,11H2,1-2H3. The highest BCUT2D eigenvalue weighted by atomic mass is 32.1. The molecule has 6 heteroatoms. The molecule has 0 aromatic carbocycles. The smallest absolute Gasteiger partial charge is 0.243 e. The van der Waals surface area contributed by atoms with Crippen LogP contribution in [0.25, 0.3) is 11.5 Å². The highest BCUT2D eigenvalue weighted by Crippen LogP contribution is 2.20. The van der Waals surface area contributed by atoms with E-state index in [4.69, 9.17) is 10.3 Å². The van der Waals surface area contributed by atoms with Crippen LogP contribution in [0.5, 0.6) is 0 Å². The third-order valence-corrected chi connectivity index (χ3v) is 2.73. The Kier molecular flexibility index (Phi) is 3.31. The van der Waals surface area contributed by atoms with E-state index in [1.165, 1.54) is 11.3 Å². The molecule has 0 saturated heterocycles. The molecule has 2 aromatic rings. The molecule has 1 atom stereocenters. The monoisotopic (exact) mass is 238 g/mol. The first-order valence-electron chi connectivity index (χ1n) is 5.14.